The highest BCUT2D eigenvalue weighted by molar-refractivity contribution is 5.92. The van der Waals surface area contributed by atoms with E-state index in [0.717, 1.165) is 5.56 Å². The van der Waals surface area contributed by atoms with Crippen molar-refractivity contribution in [1.29, 1.82) is 0 Å². The number of amides is 1. The van der Waals surface area contributed by atoms with Gasteiger partial charge in [0.05, 0.1) is 19.9 Å². The Morgan fingerprint density at radius 1 is 1.21 bits per heavy atom. The maximum absolute atomic E-state index is 14.4. The van der Waals surface area contributed by atoms with E-state index >= 15 is 0 Å². The van der Waals surface area contributed by atoms with Crippen molar-refractivity contribution in [3.8, 4) is 17.2 Å². The number of rotatable bonds is 7. The molecule has 0 fully saturated rings. The Balaban J connectivity index is 1.63. The summed E-state index contributed by atoms with van der Waals surface area (Å²) >= 11 is 0. The molecule has 3 aromatic rings. The molecule has 0 atom stereocenters. The standard InChI is InChI=1S/C22H22FN3O3/c1-15-24-10-11-26(15)20-8-4-16(12-19(20)23)14-25-22(27)9-6-17-5-7-18(28-2)13-21(17)29-3/h4-13H,14H2,1-3H3,(H,25,27). The number of nitrogens with zero attached hydrogens (tertiary/aromatic N) is 2. The van der Waals surface area contributed by atoms with Crippen LogP contribution in [0.1, 0.15) is 17.0 Å². The van der Waals surface area contributed by atoms with Crippen LogP contribution in [0.3, 0.4) is 0 Å². The largest absolute Gasteiger partial charge is 0.497 e. The first-order valence-electron chi connectivity index (χ1n) is 8.98. The number of aryl methyl sites for hydroxylation is 1. The molecule has 1 heterocycles. The van der Waals surface area contributed by atoms with Crippen LogP contribution in [0.2, 0.25) is 0 Å². The summed E-state index contributed by atoms with van der Waals surface area (Å²) in [6.07, 6.45) is 6.38. The Morgan fingerprint density at radius 2 is 2.03 bits per heavy atom. The molecule has 7 heteroatoms. The van der Waals surface area contributed by atoms with Gasteiger partial charge in [-0.1, -0.05) is 6.07 Å². The fourth-order valence-corrected chi connectivity index (χ4v) is 2.86. The molecular weight excluding hydrogens is 373 g/mol. The summed E-state index contributed by atoms with van der Waals surface area (Å²) in [5.41, 5.74) is 1.82. The number of imidazole rings is 1. The van der Waals surface area contributed by atoms with E-state index < -0.39 is 0 Å². The summed E-state index contributed by atoms with van der Waals surface area (Å²) in [7, 11) is 3.12. The molecule has 0 saturated carbocycles. The lowest BCUT2D eigenvalue weighted by molar-refractivity contribution is -0.116. The van der Waals surface area contributed by atoms with Crippen LogP contribution in [0.4, 0.5) is 4.39 Å². The normalized spacial score (nSPS) is 10.9. The Labute approximate surface area is 168 Å². The summed E-state index contributed by atoms with van der Waals surface area (Å²) in [6, 6.07) is 10.2. The molecule has 6 nitrogen and oxygen atoms in total. The SMILES string of the molecule is COc1ccc(C=CC(=O)NCc2ccc(-n3ccnc3C)c(F)c2)c(OC)c1. The molecule has 0 aliphatic carbocycles. The van der Waals surface area contributed by atoms with Gasteiger partial charge in [0.1, 0.15) is 23.1 Å². The molecule has 1 aromatic heterocycles. The highest BCUT2D eigenvalue weighted by Crippen LogP contribution is 2.25. The minimum Gasteiger partial charge on any atom is -0.497 e. The van der Waals surface area contributed by atoms with E-state index in [0.29, 0.717) is 28.6 Å². The van der Waals surface area contributed by atoms with Gasteiger partial charge in [0.2, 0.25) is 5.91 Å². The monoisotopic (exact) mass is 395 g/mol. The lowest BCUT2D eigenvalue weighted by Gasteiger charge is -2.09. The van der Waals surface area contributed by atoms with Gasteiger partial charge in [-0.15, -0.1) is 0 Å². The third-order valence-corrected chi connectivity index (χ3v) is 4.42. The van der Waals surface area contributed by atoms with E-state index in [2.05, 4.69) is 10.3 Å². The van der Waals surface area contributed by atoms with E-state index in [4.69, 9.17) is 9.47 Å². The van der Waals surface area contributed by atoms with Crippen LogP contribution >= 0.6 is 0 Å². The van der Waals surface area contributed by atoms with Crippen LogP contribution in [-0.4, -0.2) is 29.7 Å². The number of aromatic nitrogens is 2. The van der Waals surface area contributed by atoms with Gasteiger partial charge in [0.25, 0.3) is 0 Å². The molecule has 0 spiro atoms. The number of halogens is 1. The number of methoxy groups -OCH3 is 2. The molecule has 2 aromatic carbocycles. The molecule has 0 aliphatic heterocycles. The van der Waals surface area contributed by atoms with Crippen molar-refractivity contribution in [3.63, 3.8) is 0 Å². The number of nitrogens with one attached hydrogen (secondary N) is 1. The zero-order valence-electron chi connectivity index (χ0n) is 16.5. The number of benzene rings is 2. The lowest BCUT2D eigenvalue weighted by atomic mass is 10.1. The van der Waals surface area contributed by atoms with Crippen molar-refractivity contribution >= 4 is 12.0 Å². The molecule has 1 amide bonds. The van der Waals surface area contributed by atoms with E-state index in [9.17, 15) is 9.18 Å². The van der Waals surface area contributed by atoms with Crippen LogP contribution in [0.25, 0.3) is 11.8 Å². The molecule has 0 saturated heterocycles. The van der Waals surface area contributed by atoms with E-state index in [1.54, 1.807) is 74.5 Å². The number of hydrogen-bond acceptors (Lipinski definition) is 4. The quantitative estimate of drug-likeness (QED) is 0.620. The minimum absolute atomic E-state index is 0.211. The van der Waals surface area contributed by atoms with Gasteiger partial charge in [0, 0.05) is 36.6 Å². The third kappa shape index (κ3) is 4.82. The molecule has 0 unspecified atom stereocenters. The summed E-state index contributed by atoms with van der Waals surface area (Å²) < 4.78 is 26.6. The average Bonchev–Trinajstić information content (AvgIpc) is 3.16. The van der Waals surface area contributed by atoms with Crippen LogP contribution in [0.5, 0.6) is 11.5 Å². The second-order valence-electron chi connectivity index (χ2n) is 6.29. The average molecular weight is 395 g/mol. The Bertz CT molecular complexity index is 1040. The number of ether oxygens (including phenoxy) is 2. The number of carbonyl (C=O) groups is 1. The van der Waals surface area contributed by atoms with Crippen LogP contribution in [-0.2, 0) is 11.3 Å². The predicted octanol–water partition coefficient (Wildman–Crippen LogP) is 3.67. The zero-order valence-corrected chi connectivity index (χ0v) is 16.5. The molecule has 0 aliphatic rings. The summed E-state index contributed by atoms with van der Waals surface area (Å²) in [6.45, 7) is 2.01. The van der Waals surface area contributed by atoms with Gasteiger partial charge >= 0.3 is 0 Å². The first kappa shape index (κ1) is 20.1. The van der Waals surface area contributed by atoms with Crippen molar-refractivity contribution in [3.05, 3.63) is 77.6 Å². The third-order valence-electron chi connectivity index (χ3n) is 4.42. The minimum atomic E-state index is -0.378. The van der Waals surface area contributed by atoms with Crippen molar-refractivity contribution in [2.75, 3.05) is 14.2 Å². The van der Waals surface area contributed by atoms with Gasteiger partial charge in [-0.2, -0.15) is 0 Å². The van der Waals surface area contributed by atoms with Gasteiger partial charge < -0.3 is 19.4 Å². The van der Waals surface area contributed by atoms with Gasteiger partial charge in [-0.05, 0) is 42.8 Å². The van der Waals surface area contributed by atoms with Gasteiger partial charge in [-0.3, -0.25) is 4.79 Å². The van der Waals surface area contributed by atoms with Crippen molar-refractivity contribution in [1.82, 2.24) is 14.9 Å². The van der Waals surface area contributed by atoms with Crippen molar-refractivity contribution in [2.24, 2.45) is 0 Å². The summed E-state index contributed by atoms with van der Waals surface area (Å²) in [5, 5.41) is 2.75. The zero-order chi connectivity index (χ0) is 20.8. The highest BCUT2D eigenvalue weighted by atomic mass is 19.1. The maximum Gasteiger partial charge on any atom is 0.244 e. The second kappa shape index (κ2) is 9.05. The Hall–Kier alpha value is -3.61. The van der Waals surface area contributed by atoms with Crippen molar-refractivity contribution in [2.45, 2.75) is 13.5 Å². The van der Waals surface area contributed by atoms with Crippen LogP contribution in [0, 0.1) is 12.7 Å². The smallest absolute Gasteiger partial charge is 0.244 e. The molecule has 1 N–H and O–H groups in total. The fraction of sp³-hybridized carbons (Fsp3) is 0.182. The summed E-state index contributed by atoms with van der Waals surface area (Å²) in [5.74, 6) is 1.29. The van der Waals surface area contributed by atoms with Crippen LogP contribution in [0.15, 0.2) is 54.9 Å². The van der Waals surface area contributed by atoms with E-state index in [1.165, 1.54) is 12.1 Å². The highest BCUT2D eigenvalue weighted by Gasteiger charge is 2.08. The predicted molar refractivity (Wildman–Crippen MR) is 109 cm³/mol. The summed E-state index contributed by atoms with van der Waals surface area (Å²) in [4.78, 5) is 16.2. The first-order chi connectivity index (χ1) is 14.0. The Morgan fingerprint density at radius 3 is 2.69 bits per heavy atom. The second-order valence-corrected chi connectivity index (χ2v) is 6.29. The maximum atomic E-state index is 14.4. The Kier molecular flexibility index (Phi) is 6.29. The first-order valence-corrected chi connectivity index (χ1v) is 8.98. The fourth-order valence-electron chi connectivity index (χ4n) is 2.86. The molecule has 0 radical (unpaired) electrons. The molecular formula is C22H22FN3O3. The number of hydrogen-bond donors (Lipinski definition) is 1. The molecule has 150 valence electrons. The topological polar surface area (TPSA) is 65.4 Å². The lowest BCUT2D eigenvalue weighted by Crippen LogP contribution is -2.20. The molecule has 3 rings (SSSR count). The van der Waals surface area contributed by atoms with Gasteiger partial charge in [0.15, 0.2) is 0 Å². The van der Waals surface area contributed by atoms with E-state index in [1.807, 2.05) is 0 Å². The van der Waals surface area contributed by atoms with E-state index in [-0.39, 0.29) is 18.3 Å². The van der Waals surface area contributed by atoms with Gasteiger partial charge in [-0.25, -0.2) is 9.37 Å². The number of carbonyl (C=O) groups excluding carboxylic acids is 1. The molecule has 0 bridgehead atoms. The van der Waals surface area contributed by atoms with Crippen LogP contribution < -0.4 is 14.8 Å². The molecule has 29 heavy (non-hydrogen) atoms. The van der Waals surface area contributed by atoms with Crippen molar-refractivity contribution < 1.29 is 18.7 Å².